The van der Waals surface area contributed by atoms with Gasteiger partial charge < -0.3 is 10.0 Å². The summed E-state index contributed by atoms with van der Waals surface area (Å²) in [7, 11) is 2.08. The molecule has 1 atom stereocenters. The van der Waals surface area contributed by atoms with Crippen LogP contribution in [0.15, 0.2) is 0 Å². The third-order valence-electron chi connectivity index (χ3n) is 4.32. The minimum atomic E-state index is -0.723. The van der Waals surface area contributed by atoms with Crippen molar-refractivity contribution in [2.24, 2.45) is 5.92 Å². The van der Waals surface area contributed by atoms with E-state index in [1.54, 1.807) is 11.3 Å². The lowest BCUT2D eigenvalue weighted by molar-refractivity contribution is -0.139. The number of aromatic nitrogens is 1. The topological polar surface area (TPSA) is 53.4 Å². The molecule has 0 bridgehead atoms. The van der Waals surface area contributed by atoms with Crippen LogP contribution in [0.3, 0.4) is 0 Å². The summed E-state index contributed by atoms with van der Waals surface area (Å²) >= 11 is 1.69. The van der Waals surface area contributed by atoms with E-state index >= 15 is 0 Å². The third-order valence-corrected chi connectivity index (χ3v) is 5.57. The molecule has 0 spiro atoms. The van der Waals surface area contributed by atoms with E-state index < -0.39 is 5.97 Å². The highest BCUT2D eigenvalue weighted by atomic mass is 32.1. The van der Waals surface area contributed by atoms with E-state index in [4.69, 9.17) is 0 Å². The van der Waals surface area contributed by atoms with Crippen molar-refractivity contribution in [2.45, 2.75) is 44.4 Å². The Hall–Kier alpha value is -1.10. The van der Waals surface area contributed by atoms with Crippen molar-refractivity contribution in [3.63, 3.8) is 0 Å². The highest BCUT2D eigenvalue weighted by molar-refractivity contribution is 7.15. The summed E-state index contributed by atoms with van der Waals surface area (Å²) in [5, 5.41) is 10.3. The molecule has 4 nitrogen and oxygen atoms in total. The number of aryl methyl sites for hydroxylation is 1. The molecule has 1 aromatic heterocycles. The Morgan fingerprint density at radius 1 is 1.42 bits per heavy atom. The number of hydrogen-bond donors (Lipinski definition) is 1. The summed E-state index contributed by atoms with van der Waals surface area (Å²) in [6.07, 6.45) is 6.71. The Kier molecular flexibility index (Phi) is 3.48. The first-order valence-corrected chi connectivity index (χ1v) is 7.90. The zero-order valence-corrected chi connectivity index (χ0v) is 12.1. The number of carboxylic acids is 1. The summed E-state index contributed by atoms with van der Waals surface area (Å²) in [6, 6.07) is 0. The van der Waals surface area contributed by atoms with Crippen molar-refractivity contribution in [1.82, 2.24) is 4.98 Å². The minimum Gasteiger partial charge on any atom is -0.481 e. The van der Waals surface area contributed by atoms with Gasteiger partial charge in [-0.25, -0.2) is 4.98 Å². The van der Waals surface area contributed by atoms with Crippen molar-refractivity contribution in [3.05, 3.63) is 10.6 Å². The number of carboxylic acid groups (broad SMARTS) is 1. The van der Waals surface area contributed by atoms with Gasteiger partial charge in [-0.2, -0.15) is 0 Å². The van der Waals surface area contributed by atoms with Gasteiger partial charge in [0.2, 0.25) is 0 Å². The predicted molar refractivity (Wildman–Crippen MR) is 76.0 cm³/mol. The molecule has 0 saturated heterocycles. The van der Waals surface area contributed by atoms with Crippen LogP contribution in [0.25, 0.3) is 0 Å². The van der Waals surface area contributed by atoms with E-state index in [-0.39, 0.29) is 5.92 Å². The lowest BCUT2D eigenvalue weighted by Gasteiger charge is -2.29. The molecule has 3 rings (SSSR count). The van der Waals surface area contributed by atoms with Gasteiger partial charge in [-0.05, 0) is 38.0 Å². The van der Waals surface area contributed by atoms with Gasteiger partial charge in [0.05, 0.1) is 5.69 Å². The second-order valence-corrected chi connectivity index (χ2v) is 6.83. The number of fused-ring (bicyclic) bond motifs is 1. The zero-order chi connectivity index (χ0) is 13.4. The van der Waals surface area contributed by atoms with Crippen LogP contribution >= 0.6 is 11.3 Å². The van der Waals surface area contributed by atoms with Crippen molar-refractivity contribution in [3.8, 4) is 0 Å². The van der Waals surface area contributed by atoms with Crippen LogP contribution in [0.4, 0.5) is 5.13 Å². The lowest BCUT2D eigenvalue weighted by Crippen LogP contribution is -2.29. The second-order valence-electron chi connectivity index (χ2n) is 5.77. The van der Waals surface area contributed by atoms with Gasteiger partial charge in [-0.3, -0.25) is 4.79 Å². The number of nitrogens with zero attached hydrogens (tertiary/aromatic N) is 2. The van der Waals surface area contributed by atoms with Gasteiger partial charge in [-0.1, -0.05) is 6.42 Å². The molecule has 0 aromatic carbocycles. The van der Waals surface area contributed by atoms with Crippen LogP contribution in [0, 0.1) is 5.92 Å². The molecule has 1 unspecified atom stereocenters. The van der Waals surface area contributed by atoms with Crippen molar-refractivity contribution >= 4 is 22.4 Å². The molecular weight excluding hydrogens is 260 g/mol. The summed E-state index contributed by atoms with van der Waals surface area (Å²) in [6.45, 7) is 1.06. The fraction of sp³-hybridized carbons (Fsp3) is 0.714. The molecule has 0 radical (unpaired) electrons. The lowest BCUT2D eigenvalue weighted by atomic mass is 9.85. The normalized spacial score (nSPS) is 22.7. The Balaban J connectivity index is 1.78. The van der Waals surface area contributed by atoms with Gasteiger partial charge >= 0.3 is 5.97 Å². The number of rotatable bonds is 4. The van der Waals surface area contributed by atoms with Crippen LogP contribution in [-0.2, 0) is 11.2 Å². The zero-order valence-electron chi connectivity index (χ0n) is 11.3. The van der Waals surface area contributed by atoms with Crippen LogP contribution < -0.4 is 4.90 Å². The molecule has 1 N–H and O–H groups in total. The average Bonchev–Trinajstić information content (AvgIpc) is 2.76. The monoisotopic (exact) mass is 280 g/mol. The minimum absolute atomic E-state index is 0.383. The standard InChI is InChI=1S/C14H20N2O2S/c1-16(8-9-4-2-5-9)14-15-12-10(13(17)18)6-3-7-11(12)19-14/h9-10H,2-8H2,1H3,(H,17,18). The van der Waals surface area contributed by atoms with Crippen molar-refractivity contribution in [1.29, 1.82) is 0 Å². The van der Waals surface area contributed by atoms with E-state index in [1.165, 1.54) is 24.1 Å². The highest BCUT2D eigenvalue weighted by Crippen LogP contribution is 2.38. The maximum Gasteiger partial charge on any atom is 0.312 e. The van der Waals surface area contributed by atoms with Gasteiger partial charge in [0.1, 0.15) is 5.92 Å². The molecule has 104 valence electrons. The number of carbonyl (C=O) groups is 1. The van der Waals surface area contributed by atoms with Crippen LogP contribution in [-0.4, -0.2) is 29.7 Å². The number of aliphatic carboxylic acids is 1. The maximum absolute atomic E-state index is 11.3. The summed E-state index contributed by atoms with van der Waals surface area (Å²) in [5.74, 6) is -0.300. The largest absolute Gasteiger partial charge is 0.481 e. The number of hydrogen-bond acceptors (Lipinski definition) is 4. The first-order valence-electron chi connectivity index (χ1n) is 7.08. The molecule has 0 aliphatic heterocycles. The Bertz CT molecular complexity index is 482. The summed E-state index contributed by atoms with van der Waals surface area (Å²) in [4.78, 5) is 19.3. The molecule has 0 amide bonds. The SMILES string of the molecule is CN(CC1CCC1)c1nc2c(s1)CCCC2C(=O)O. The highest BCUT2D eigenvalue weighted by Gasteiger charge is 2.31. The molecule has 2 aliphatic carbocycles. The fourth-order valence-electron chi connectivity index (χ4n) is 2.95. The van der Waals surface area contributed by atoms with E-state index in [1.807, 2.05) is 0 Å². The van der Waals surface area contributed by atoms with Crippen LogP contribution in [0.5, 0.6) is 0 Å². The Morgan fingerprint density at radius 3 is 2.84 bits per heavy atom. The van der Waals surface area contributed by atoms with Crippen molar-refractivity contribution < 1.29 is 9.90 Å². The third kappa shape index (κ3) is 2.48. The van der Waals surface area contributed by atoms with Crippen LogP contribution in [0.2, 0.25) is 0 Å². The van der Waals surface area contributed by atoms with Gasteiger partial charge in [0.15, 0.2) is 5.13 Å². The first-order chi connectivity index (χ1) is 9.15. The van der Waals surface area contributed by atoms with Gasteiger partial charge in [-0.15, -0.1) is 11.3 Å². The number of anilines is 1. The molecule has 1 saturated carbocycles. The second kappa shape index (κ2) is 5.12. The molecule has 1 aromatic rings. The Morgan fingerprint density at radius 2 is 2.21 bits per heavy atom. The maximum atomic E-state index is 11.3. The van der Waals surface area contributed by atoms with Gasteiger partial charge in [0, 0.05) is 18.5 Å². The van der Waals surface area contributed by atoms with Gasteiger partial charge in [0.25, 0.3) is 0 Å². The molecule has 1 fully saturated rings. The van der Waals surface area contributed by atoms with E-state index in [0.717, 1.165) is 42.6 Å². The fourth-order valence-corrected chi connectivity index (χ4v) is 4.08. The van der Waals surface area contributed by atoms with E-state index in [2.05, 4.69) is 16.9 Å². The smallest absolute Gasteiger partial charge is 0.312 e. The summed E-state index contributed by atoms with van der Waals surface area (Å²) < 4.78 is 0. The van der Waals surface area contributed by atoms with Crippen LogP contribution in [0.1, 0.15) is 48.6 Å². The molecule has 2 aliphatic rings. The van der Waals surface area contributed by atoms with Crippen molar-refractivity contribution in [2.75, 3.05) is 18.5 Å². The molecule has 1 heterocycles. The predicted octanol–water partition coefficient (Wildman–Crippen LogP) is 2.88. The van der Waals surface area contributed by atoms with E-state index in [9.17, 15) is 9.90 Å². The average molecular weight is 280 g/mol. The quantitative estimate of drug-likeness (QED) is 0.921. The number of thiazole rings is 1. The molecule has 19 heavy (non-hydrogen) atoms. The summed E-state index contributed by atoms with van der Waals surface area (Å²) in [5.41, 5.74) is 0.833. The molecule has 5 heteroatoms. The first kappa shape index (κ1) is 12.9. The van der Waals surface area contributed by atoms with E-state index in [0.29, 0.717) is 0 Å². The Labute approximate surface area is 117 Å². The molecular formula is C14H20N2O2S.